The van der Waals surface area contributed by atoms with Crippen LogP contribution in [0.3, 0.4) is 0 Å². The van der Waals surface area contributed by atoms with Crippen LogP contribution >= 0.6 is 0 Å². The van der Waals surface area contributed by atoms with E-state index in [0.29, 0.717) is 19.4 Å². The molecule has 0 aliphatic carbocycles. The first-order valence-electron chi connectivity index (χ1n) is 35.3. The lowest BCUT2D eigenvalue weighted by Crippen LogP contribution is -2.45. The summed E-state index contributed by atoms with van der Waals surface area (Å²) in [6.45, 7) is 4.92. The number of hydrogen-bond donors (Lipinski definition) is 3. The SMILES string of the molecule is CCCCCCCCCCCCC/C=C/C(O)C(CO)NC(=O)CCCCCCCCCCCCCCCCCCC/C=C\C/C=C\CCCCCCCCCCCCCCCOC(=O)CCCCCCCCCCCCC. The fourth-order valence-electron chi connectivity index (χ4n) is 11.0. The van der Waals surface area contributed by atoms with Crippen LogP contribution in [-0.2, 0) is 14.3 Å². The Morgan fingerprint density at radius 2 is 0.641 bits per heavy atom. The largest absolute Gasteiger partial charge is 0.466 e. The van der Waals surface area contributed by atoms with Gasteiger partial charge in [0.2, 0.25) is 5.91 Å². The van der Waals surface area contributed by atoms with Gasteiger partial charge in [0.1, 0.15) is 0 Å². The van der Waals surface area contributed by atoms with Gasteiger partial charge >= 0.3 is 5.97 Å². The molecule has 2 unspecified atom stereocenters. The van der Waals surface area contributed by atoms with Gasteiger partial charge in [-0.3, -0.25) is 9.59 Å². The van der Waals surface area contributed by atoms with Gasteiger partial charge in [0.05, 0.1) is 25.4 Å². The van der Waals surface area contributed by atoms with Gasteiger partial charge in [0, 0.05) is 12.8 Å². The van der Waals surface area contributed by atoms with E-state index in [1.807, 2.05) is 6.08 Å². The maximum atomic E-state index is 12.5. The molecule has 0 aliphatic heterocycles. The number of carbonyl (C=O) groups is 2. The van der Waals surface area contributed by atoms with E-state index in [1.54, 1.807) is 6.08 Å². The summed E-state index contributed by atoms with van der Waals surface area (Å²) >= 11 is 0. The Bertz CT molecular complexity index is 1260. The van der Waals surface area contributed by atoms with Crippen LogP contribution in [0.2, 0.25) is 0 Å². The molecule has 0 aromatic carbocycles. The lowest BCUT2D eigenvalue weighted by Gasteiger charge is -2.20. The predicted octanol–water partition coefficient (Wildman–Crippen LogP) is 22.7. The lowest BCUT2D eigenvalue weighted by atomic mass is 10.0. The van der Waals surface area contributed by atoms with E-state index >= 15 is 0 Å². The molecule has 0 heterocycles. The number of hydrogen-bond acceptors (Lipinski definition) is 5. The third-order valence-corrected chi connectivity index (χ3v) is 16.4. The van der Waals surface area contributed by atoms with Crippen molar-refractivity contribution in [3.63, 3.8) is 0 Å². The number of rotatable bonds is 66. The molecule has 0 aromatic heterocycles. The molecule has 2 atom stereocenters. The molecule has 0 rings (SSSR count). The van der Waals surface area contributed by atoms with Crippen molar-refractivity contribution >= 4 is 11.9 Å². The first kappa shape index (κ1) is 76.1. The number of nitrogens with one attached hydrogen (secondary N) is 1. The molecular weight excluding hydrogens is 959 g/mol. The van der Waals surface area contributed by atoms with Crippen LogP contribution in [0.25, 0.3) is 0 Å². The third-order valence-electron chi connectivity index (χ3n) is 16.4. The Balaban J connectivity index is 3.36. The number of ether oxygens (including phenoxy) is 1. The predicted molar refractivity (Wildman–Crippen MR) is 343 cm³/mol. The van der Waals surface area contributed by atoms with Crippen LogP contribution in [0.4, 0.5) is 0 Å². The second-order valence-electron chi connectivity index (χ2n) is 24.2. The van der Waals surface area contributed by atoms with Crippen molar-refractivity contribution in [3.05, 3.63) is 36.5 Å². The molecule has 0 aliphatic rings. The highest BCUT2D eigenvalue weighted by Gasteiger charge is 2.18. The minimum atomic E-state index is -0.842. The van der Waals surface area contributed by atoms with E-state index in [-0.39, 0.29) is 18.5 Å². The number of esters is 1. The molecular formula is C72H137NO5. The van der Waals surface area contributed by atoms with Crippen molar-refractivity contribution < 1.29 is 24.5 Å². The van der Waals surface area contributed by atoms with Gasteiger partial charge in [-0.2, -0.15) is 0 Å². The minimum Gasteiger partial charge on any atom is -0.466 e. The van der Waals surface area contributed by atoms with Gasteiger partial charge in [-0.1, -0.05) is 346 Å². The van der Waals surface area contributed by atoms with E-state index < -0.39 is 12.1 Å². The number of allylic oxidation sites excluding steroid dienone is 5. The lowest BCUT2D eigenvalue weighted by molar-refractivity contribution is -0.143. The average Bonchev–Trinajstić information content (AvgIpc) is 3.44. The molecule has 1 amide bonds. The summed E-state index contributed by atoms with van der Waals surface area (Å²) in [6.07, 6.45) is 86.7. The minimum absolute atomic E-state index is 0.0185. The second-order valence-corrected chi connectivity index (χ2v) is 24.2. The standard InChI is InChI=1S/C72H137NO5/c1-3-5-7-9-11-13-15-41-45-48-52-56-60-64-70(75)69(68-74)73-71(76)65-61-57-53-49-46-42-39-37-35-33-31-29-27-25-23-21-19-17-16-18-20-22-24-26-28-30-32-34-36-38-40-43-47-51-55-59-63-67-78-72(77)66-62-58-54-50-44-14-12-10-8-6-4-2/h16,18,22,24,60,64,69-70,74-75H,3-15,17,19-21,23,25-59,61-63,65-68H2,1-2H3,(H,73,76)/b18-16-,24-22-,64-60+. The summed E-state index contributed by atoms with van der Waals surface area (Å²) in [5.41, 5.74) is 0. The van der Waals surface area contributed by atoms with Crippen molar-refractivity contribution in [2.45, 2.75) is 398 Å². The summed E-state index contributed by atoms with van der Waals surface area (Å²) in [5, 5.41) is 23.1. The molecule has 0 fully saturated rings. The fraction of sp³-hybridized carbons (Fsp3) is 0.889. The highest BCUT2D eigenvalue weighted by Crippen LogP contribution is 2.18. The Morgan fingerprint density at radius 1 is 0.359 bits per heavy atom. The van der Waals surface area contributed by atoms with E-state index in [0.717, 1.165) is 44.9 Å². The summed E-state index contributed by atoms with van der Waals surface area (Å²) in [7, 11) is 0. The molecule has 3 N–H and O–H groups in total. The molecule has 0 bridgehead atoms. The number of amides is 1. The van der Waals surface area contributed by atoms with E-state index in [1.165, 1.54) is 315 Å². The summed E-state index contributed by atoms with van der Waals surface area (Å²) in [5.74, 6) is -0.0455. The van der Waals surface area contributed by atoms with Crippen LogP contribution in [0, 0.1) is 0 Å². The summed E-state index contributed by atoms with van der Waals surface area (Å²) < 4.78 is 5.47. The van der Waals surface area contributed by atoms with Crippen LogP contribution in [-0.4, -0.2) is 47.4 Å². The first-order valence-corrected chi connectivity index (χ1v) is 35.3. The maximum Gasteiger partial charge on any atom is 0.305 e. The van der Waals surface area contributed by atoms with Crippen LogP contribution in [0.5, 0.6) is 0 Å². The number of carbonyl (C=O) groups excluding carboxylic acids is 2. The Kier molecular flexibility index (Phi) is 65.9. The van der Waals surface area contributed by atoms with Crippen molar-refractivity contribution in [3.8, 4) is 0 Å². The molecule has 0 aromatic rings. The first-order chi connectivity index (χ1) is 38.5. The number of aliphatic hydroxyl groups is 2. The van der Waals surface area contributed by atoms with Gasteiger partial charge in [-0.25, -0.2) is 0 Å². The topological polar surface area (TPSA) is 95.9 Å². The van der Waals surface area contributed by atoms with Gasteiger partial charge in [-0.15, -0.1) is 0 Å². The number of aliphatic hydroxyl groups excluding tert-OH is 2. The van der Waals surface area contributed by atoms with E-state index in [2.05, 4.69) is 43.5 Å². The highest BCUT2D eigenvalue weighted by molar-refractivity contribution is 5.76. The monoisotopic (exact) mass is 1100 g/mol. The second kappa shape index (κ2) is 67.6. The maximum absolute atomic E-state index is 12.5. The van der Waals surface area contributed by atoms with Gasteiger partial charge in [-0.05, 0) is 64.2 Å². The average molecular weight is 1100 g/mol. The van der Waals surface area contributed by atoms with Crippen LogP contribution in [0.15, 0.2) is 36.5 Å². The molecule has 6 heteroatoms. The van der Waals surface area contributed by atoms with E-state index in [9.17, 15) is 19.8 Å². The van der Waals surface area contributed by atoms with Crippen LogP contribution < -0.4 is 5.32 Å². The van der Waals surface area contributed by atoms with Crippen molar-refractivity contribution in [1.82, 2.24) is 5.32 Å². The molecule has 78 heavy (non-hydrogen) atoms. The zero-order valence-electron chi connectivity index (χ0n) is 52.7. The smallest absolute Gasteiger partial charge is 0.305 e. The fourth-order valence-corrected chi connectivity index (χ4v) is 11.0. The molecule has 0 spiro atoms. The quantitative estimate of drug-likeness (QED) is 0.0320. The van der Waals surface area contributed by atoms with Crippen LogP contribution in [0.1, 0.15) is 386 Å². The van der Waals surface area contributed by atoms with Gasteiger partial charge in [0.25, 0.3) is 0 Å². The highest BCUT2D eigenvalue weighted by atomic mass is 16.5. The van der Waals surface area contributed by atoms with Gasteiger partial charge < -0.3 is 20.3 Å². The zero-order valence-corrected chi connectivity index (χ0v) is 52.7. The number of unbranched alkanes of at least 4 members (excludes halogenated alkanes) is 51. The molecule has 6 nitrogen and oxygen atoms in total. The Hall–Kier alpha value is -1.92. The Labute approximate surface area is 487 Å². The zero-order chi connectivity index (χ0) is 56.4. The van der Waals surface area contributed by atoms with Crippen molar-refractivity contribution in [1.29, 1.82) is 0 Å². The third kappa shape index (κ3) is 63.3. The molecule has 0 radical (unpaired) electrons. The summed E-state index contributed by atoms with van der Waals surface area (Å²) in [4.78, 5) is 24.5. The molecule has 460 valence electrons. The van der Waals surface area contributed by atoms with Crippen molar-refractivity contribution in [2.24, 2.45) is 0 Å². The van der Waals surface area contributed by atoms with E-state index in [4.69, 9.17) is 4.74 Å². The summed E-state index contributed by atoms with van der Waals surface area (Å²) in [6, 6.07) is -0.625. The molecule has 0 saturated carbocycles. The van der Waals surface area contributed by atoms with Crippen molar-refractivity contribution in [2.75, 3.05) is 13.2 Å². The normalized spacial score (nSPS) is 12.7. The van der Waals surface area contributed by atoms with Gasteiger partial charge in [0.15, 0.2) is 0 Å². The molecule has 0 saturated heterocycles. The Morgan fingerprint density at radius 3 is 0.974 bits per heavy atom.